The smallest absolute Gasteiger partial charge is 0.550 e. The van der Waals surface area contributed by atoms with Crippen molar-refractivity contribution in [2.24, 2.45) is 52.3 Å². The molecule has 0 aromatic heterocycles. The molecule has 34 heavy (non-hydrogen) atoms. The van der Waals surface area contributed by atoms with Gasteiger partial charge in [-0.15, -0.1) is 0 Å². The fourth-order valence-electron chi connectivity index (χ4n) is 9.60. The van der Waals surface area contributed by atoms with Gasteiger partial charge in [-0.25, -0.2) is 0 Å². The first-order valence-corrected chi connectivity index (χ1v) is 13.3. The summed E-state index contributed by atoms with van der Waals surface area (Å²) in [5, 5.41) is 36.1. The predicted octanol–water partition coefficient (Wildman–Crippen LogP) is -0.838. The Bertz CT molecular complexity index is 763. The summed E-state index contributed by atoms with van der Waals surface area (Å²) >= 11 is 0. The number of aliphatic carboxylic acids is 1. The minimum Gasteiger partial charge on any atom is -0.550 e. The summed E-state index contributed by atoms with van der Waals surface area (Å²) < 4.78 is 0. The van der Waals surface area contributed by atoms with E-state index in [4.69, 9.17) is 0 Å². The van der Waals surface area contributed by atoms with E-state index in [0.29, 0.717) is 55.9 Å². The van der Waals surface area contributed by atoms with Gasteiger partial charge in [0.05, 0.1) is 18.8 Å². The van der Waals surface area contributed by atoms with Crippen molar-refractivity contribution in [2.75, 3.05) is 13.6 Å². The summed E-state index contributed by atoms with van der Waals surface area (Å²) in [4.78, 5) is 24.3. The number of carboxylic acids is 1. The van der Waals surface area contributed by atoms with Crippen LogP contribution >= 0.6 is 0 Å². The van der Waals surface area contributed by atoms with Crippen molar-refractivity contribution >= 4 is 11.8 Å². The van der Waals surface area contributed by atoms with Crippen molar-refractivity contribution in [2.45, 2.75) is 90.8 Å². The molecule has 0 saturated heterocycles. The largest absolute Gasteiger partial charge is 1.00 e. The van der Waals surface area contributed by atoms with E-state index in [0.717, 1.165) is 25.7 Å². The molecule has 0 aromatic carbocycles. The van der Waals surface area contributed by atoms with E-state index in [2.05, 4.69) is 26.1 Å². The van der Waals surface area contributed by atoms with E-state index in [1.165, 1.54) is 0 Å². The maximum absolute atomic E-state index is 13.2. The first-order valence-electron chi connectivity index (χ1n) is 13.3. The second-order valence-electron chi connectivity index (χ2n) is 12.4. The summed E-state index contributed by atoms with van der Waals surface area (Å²) in [5.74, 6) is 0.920. The fraction of sp³-hybridized carbons (Fsp3) is 0.926. The second-order valence-corrected chi connectivity index (χ2v) is 12.4. The standard InChI is InChI=1S/C27H45NO5.Na/c1-15(5-8-24(32)33)18-6-7-19-25-20(9-10-26(18,19)2)27(3)16(12-22(25)30)11-17(29)13-21(27)23(31)14-28-4;/h15-22,25,28-30H,5-14H2,1-4H3,(H,32,33);/q;+1/p-1/t15-,16?,17-,18-,19?,20?,21?,22+,25?,26-,27+;/m1./s1. The Hall–Kier alpha value is 0.0200. The molecular weight excluding hydrogens is 441 g/mol. The topological polar surface area (TPSA) is 110 Å². The molecule has 4 fully saturated rings. The third kappa shape index (κ3) is 4.69. The molecule has 0 radical (unpaired) electrons. The first-order chi connectivity index (χ1) is 15.5. The van der Waals surface area contributed by atoms with Gasteiger partial charge in [0.15, 0.2) is 0 Å². The zero-order chi connectivity index (χ0) is 24.1. The summed E-state index contributed by atoms with van der Waals surface area (Å²) in [7, 11) is 1.80. The Labute approximate surface area is 227 Å². The molecule has 0 aliphatic heterocycles. The fourth-order valence-corrected chi connectivity index (χ4v) is 9.60. The number of aliphatic hydroxyl groups excluding tert-OH is 2. The number of hydrogen-bond acceptors (Lipinski definition) is 6. The second kappa shape index (κ2) is 10.8. The van der Waals surface area contributed by atoms with Crippen LogP contribution in [0.4, 0.5) is 0 Å². The number of aliphatic hydroxyl groups is 2. The van der Waals surface area contributed by atoms with Crippen LogP contribution in [0.15, 0.2) is 0 Å². The van der Waals surface area contributed by atoms with Gasteiger partial charge in [-0.1, -0.05) is 20.8 Å². The number of ketones is 1. The molecular formula is C27H44NNaO5. The molecule has 0 heterocycles. The van der Waals surface area contributed by atoms with Crippen LogP contribution in [0.1, 0.15) is 78.6 Å². The van der Waals surface area contributed by atoms with Crippen LogP contribution in [-0.4, -0.2) is 47.8 Å². The van der Waals surface area contributed by atoms with E-state index in [1.807, 2.05) is 0 Å². The monoisotopic (exact) mass is 485 g/mol. The van der Waals surface area contributed by atoms with Crippen LogP contribution < -0.4 is 40.0 Å². The summed E-state index contributed by atoms with van der Waals surface area (Å²) in [6, 6.07) is 0. The SMILES string of the molecule is CNCC(=O)C1C[C@H](O)CC2C[C@H](O)C3C(CC[C@@]4(C)C3CC[C@@H]4[C@H](C)CCC(=O)[O-])[C@]21C.[Na+]. The molecule has 0 amide bonds. The van der Waals surface area contributed by atoms with Gasteiger partial charge in [0.1, 0.15) is 5.78 Å². The van der Waals surface area contributed by atoms with Crippen molar-refractivity contribution in [3.05, 3.63) is 0 Å². The predicted molar refractivity (Wildman–Crippen MR) is 124 cm³/mol. The third-order valence-corrected chi connectivity index (χ3v) is 11.1. The van der Waals surface area contributed by atoms with Crippen LogP contribution in [0.2, 0.25) is 0 Å². The molecule has 4 rings (SSSR count). The Kier molecular flexibility index (Phi) is 9.07. The van der Waals surface area contributed by atoms with Gasteiger partial charge in [-0.3, -0.25) is 4.79 Å². The van der Waals surface area contributed by atoms with Gasteiger partial charge in [-0.2, -0.15) is 0 Å². The van der Waals surface area contributed by atoms with Crippen LogP contribution in [-0.2, 0) is 9.59 Å². The number of carboxylic acid groups (broad SMARTS) is 1. The molecule has 0 spiro atoms. The van der Waals surface area contributed by atoms with E-state index in [1.54, 1.807) is 7.05 Å². The molecule has 7 heteroatoms. The molecule has 11 atom stereocenters. The van der Waals surface area contributed by atoms with Gasteiger partial charge in [0, 0.05) is 11.9 Å². The maximum Gasteiger partial charge on any atom is 1.00 e. The van der Waals surface area contributed by atoms with Crippen molar-refractivity contribution in [1.29, 1.82) is 0 Å². The zero-order valence-electron chi connectivity index (χ0n) is 21.9. The van der Waals surface area contributed by atoms with Gasteiger partial charge >= 0.3 is 29.6 Å². The molecule has 0 bridgehead atoms. The van der Waals surface area contributed by atoms with Crippen molar-refractivity contribution in [3.8, 4) is 0 Å². The molecule has 4 aliphatic carbocycles. The first kappa shape index (κ1) is 28.6. The molecule has 6 nitrogen and oxygen atoms in total. The summed E-state index contributed by atoms with van der Waals surface area (Å²) in [5.41, 5.74) is -0.0770. The Morgan fingerprint density at radius 1 is 1.09 bits per heavy atom. The van der Waals surface area contributed by atoms with Crippen LogP contribution in [0.25, 0.3) is 0 Å². The zero-order valence-corrected chi connectivity index (χ0v) is 23.9. The number of nitrogens with one attached hydrogen (secondary N) is 1. The Morgan fingerprint density at radius 2 is 1.79 bits per heavy atom. The van der Waals surface area contributed by atoms with E-state index < -0.39 is 12.1 Å². The van der Waals surface area contributed by atoms with Crippen LogP contribution in [0.5, 0.6) is 0 Å². The summed E-state index contributed by atoms with van der Waals surface area (Å²) in [6.07, 6.45) is 6.06. The molecule has 0 aromatic rings. The average molecular weight is 486 g/mol. The summed E-state index contributed by atoms with van der Waals surface area (Å²) in [6.45, 7) is 7.20. The quantitative estimate of drug-likeness (QED) is 0.406. The molecule has 3 N–H and O–H groups in total. The van der Waals surface area contributed by atoms with Gasteiger partial charge in [-0.05, 0) is 111 Å². The number of carbonyl (C=O) groups excluding carboxylic acids is 2. The average Bonchev–Trinajstić information content (AvgIpc) is 3.10. The van der Waals surface area contributed by atoms with Crippen LogP contribution in [0, 0.1) is 52.3 Å². The molecule has 5 unspecified atom stereocenters. The Morgan fingerprint density at radius 3 is 2.44 bits per heavy atom. The van der Waals surface area contributed by atoms with E-state index in [9.17, 15) is 24.9 Å². The van der Waals surface area contributed by atoms with Gasteiger partial charge < -0.3 is 25.4 Å². The van der Waals surface area contributed by atoms with Gasteiger partial charge in [0.25, 0.3) is 0 Å². The van der Waals surface area contributed by atoms with Gasteiger partial charge in [0.2, 0.25) is 0 Å². The number of likely N-dealkylation sites (N-methyl/N-ethyl adjacent to an activating group) is 1. The van der Waals surface area contributed by atoms with Crippen molar-refractivity contribution in [1.82, 2.24) is 5.32 Å². The van der Waals surface area contributed by atoms with Crippen molar-refractivity contribution < 1.29 is 54.5 Å². The molecule has 4 saturated carbocycles. The number of Topliss-reactive ketones (excluding diaryl/α,β-unsaturated/α-hetero) is 1. The normalized spacial score (nSPS) is 46.4. The molecule has 188 valence electrons. The van der Waals surface area contributed by atoms with E-state index in [-0.39, 0.29) is 76.4 Å². The minimum absolute atomic E-state index is 0. The number of fused-ring (bicyclic) bond motifs is 5. The third-order valence-electron chi connectivity index (χ3n) is 11.1. The molecule has 4 aliphatic rings. The van der Waals surface area contributed by atoms with E-state index >= 15 is 0 Å². The number of rotatable bonds is 7. The minimum atomic E-state index is -0.969. The number of hydrogen-bond donors (Lipinski definition) is 3. The Balaban J connectivity index is 0.00000324. The maximum atomic E-state index is 13.2. The number of carbonyl (C=O) groups is 2. The van der Waals surface area contributed by atoms with Crippen molar-refractivity contribution in [3.63, 3.8) is 0 Å². The van der Waals surface area contributed by atoms with Crippen LogP contribution in [0.3, 0.4) is 0 Å².